The minimum absolute atomic E-state index is 0.0903. The summed E-state index contributed by atoms with van der Waals surface area (Å²) in [5, 5.41) is 11.4. The third kappa shape index (κ3) is 4.64. The van der Waals surface area contributed by atoms with E-state index in [9.17, 15) is 13.2 Å². The minimum atomic E-state index is -3.80. The maximum absolute atomic E-state index is 12.7. The van der Waals surface area contributed by atoms with Crippen LogP contribution in [0.1, 0.15) is 19.8 Å². The van der Waals surface area contributed by atoms with Gasteiger partial charge in [0.05, 0.1) is 12.7 Å². The second-order valence-electron chi connectivity index (χ2n) is 4.74. The predicted octanol–water partition coefficient (Wildman–Crippen LogP) is -0.696. The van der Waals surface area contributed by atoms with Gasteiger partial charge in [0.15, 0.2) is 0 Å². The molecule has 0 aromatic heterocycles. The molecule has 0 aromatic carbocycles. The van der Waals surface area contributed by atoms with Crippen LogP contribution in [0.15, 0.2) is 0 Å². The molecule has 0 radical (unpaired) electrons. The summed E-state index contributed by atoms with van der Waals surface area (Å²) in [5.41, 5.74) is 0. The average molecular weight is 318 g/mol. The van der Waals surface area contributed by atoms with Crippen molar-refractivity contribution in [2.24, 2.45) is 0 Å². The molecule has 9 heteroatoms. The van der Waals surface area contributed by atoms with Crippen molar-refractivity contribution in [3.8, 4) is 6.07 Å². The molecule has 1 amide bonds. The van der Waals surface area contributed by atoms with Gasteiger partial charge in [0.1, 0.15) is 6.04 Å². The smallest absolute Gasteiger partial charge is 0.282 e. The first-order valence-electron chi connectivity index (χ1n) is 6.85. The van der Waals surface area contributed by atoms with Gasteiger partial charge in [-0.3, -0.25) is 4.79 Å². The SMILES string of the molecule is COCCN(CCC#N)S(=O)(=O)N1CCCNC(=O)[C@H]1C. The Morgan fingerprint density at radius 1 is 1.52 bits per heavy atom. The Labute approximate surface area is 125 Å². The number of carbonyl (C=O) groups is 1. The lowest BCUT2D eigenvalue weighted by atomic mass is 10.3. The van der Waals surface area contributed by atoms with Crippen molar-refractivity contribution in [2.75, 3.05) is 39.9 Å². The number of methoxy groups -OCH3 is 1. The fraction of sp³-hybridized carbons (Fsp3) is 0.833. The van der Waals surface area contributed by atoms with Gasteiger partial charge in [-0.2, -0.15) is 22.3 Å². The summed E-state index contributed by atoms with van der Waals surface area (Å²) in [5.74, 6) is -0.303. The summed E-state index contributed by atoms with van der Waals surface area (Å²) in [6.07, 6.45) is 0.656. The lowest BCUT2D eigenvalue weighted by Crippen LogP contribution is -2.52. The number of carbonyl (C=O) groups excluding carboxylic acids is 1. The third-order valence-corrected chi connectivity index (χ3v) is 5.42. The van der Waals surface area contributed by atoms with Crippen molar-refractivity contribution in [3.63, 3.8) is 0 Å². The van der Waals surface area contributed by atoms with E-state index in [2.05, 4.69) is 5.32 Å². The number of hydrogen-bond acceptors (Lipinski definition) is 5. The Morgan fingerprint density at radius 2 is 2.24 bits per heavy atom. The molecule has 0 saturated carbocycles. The first-order chi connectivity index (χ1) is 9.95. The standard InChI is InChI=1S/C12H22N4O4S/c1-11-12(17)14-6-4-8-16(11)21(18,19)15(7-3-5-13)9-10-20-2/h11H,3-4,6-10H2,1-2H3,(H,14,17)/t11-/m1/s1. The van der Waals surface area contributed by atoms with Gasteiger partial charge in [-0.05, 0) is 13.3 Å². The molecular weight excluding hydrogens is 296 g/mol. The molecule has 1 saturated heterocycles. The lowest BCUT2D eigenvalue weighted by Gasteiger charge is -2.31. The fourth-order valence-corrected chi connectivity index (χ4v) is 3.87. The van der Waals surface area contributed by atoms with Crippen LogP contribution in [0.2, 0.25) is 0 Å². The molecule has 1 aliphatic heterocycles. The molecule has 1 atom stereocenters. The summed E-state index contributed by atoms with van der Waals surface area (Å²) in [4.78, 5) is 11.8. The van der Waals surface area contributed by atoms with Crippen LogP contribution in [0.25, 0.3) is 0 Å². The van der Waals surface area contributed by atoms with E-state index >= 15 is 0 Å². The Morgan fingerprint density at radius 3 is 2.86 bits per heavy atom. The quantitative estimate of drug-likeness (QED) is 0.669. The molecule has 1 heterocycles. The summed E-state index contributed by atoms with van der Waals surface area (Å²) >= 11 is 0. The van der Waals surface area contributed by atoms with Gasteiger partial charge in [0, 0.05) is 39.7 Å². The first kappa shape index (κ1) is 17.8. The molecule has 21 heavy (non-hydrogen) atoms. The largest absolute Gasteiger partial charge is 0.383 e. The van der Waals surface area contributed by atoms with Crippen molar-refractivity contribution < 1.29 is 17.9 Å². The van der Waals surface area contributed by atoms with E-state index in [-0.39, 0.29) is 38.6 Å². The van der Waals surface area contributed by atoms with E-state index < -0.39 is 16.3 Å². The average Bonchev–Trinajstić information content (AvgIpc) is 2.61. The summed E-state index contributed by atoms with van der Waals surface area (Å²) in [6, 6.07) is 1.18. The zero-order valence-corrected chi connectivity index (χ0v) is 13.2. The van der Waals surface area contributed by atoms with E-state index in [1.807, 2.05) is 6.07 Å². The molecule has 1 rings (SSSR count). The molecule has 1 aliphatic rings. The highest BCUT2D eigenvalue weighted by molar-refractivity contribution is 7.86. The van der Waals surface area contributed by atoms with Gasteiger partial charge in [0.2, 0.25) is 5.91 Å². The maximum atomic E-state index is 12.7. The Kier molecular flexibility index (Phi) is 7.04. The highest BCUT2D eigenvalue weighted by Crippen LogP contribution is 2.16. The second-order valence-corrected chi connectivity index (χ2v) is 6.62. The van der Waals surface area contributed by atoms with Crippen molar-refractivity contribution in [1.29, 1.82) is 5.26 Å². The molecule has 1 N–H and O–H groups in total. The topological polar surface area (TPSA) is 103 Å². The van der Waals surface area contributed by atoms with Crippen LogP contribution >= 0.6 is 0 Å². The van der Waals surface area contributed by atoms with Crippen LogP contribution in [0.4, 0.5) is 0 Å². The Hall–Kier alpha value is -1.21. The number of nitriles is 1. The summed E-state index contributed by atoms with van der Waals surface area (Å²) in [6.45, 7) is 2.79. The predicted molar refractivity (Wildman–Crippen MR) is 76.4 cm³/mol. The third-order valence-electron chi connectivity index (χ3n) is 3.31. The Balaban J connectivity index is 2.96. The zero-order valence-electron chi connectivity index (χ0n) is 12.4. The van der Waals surface area contributed by atoms with Crippen LogP contribution in [0.3, 0.4) is 0 Å². The highest BCUT2D eigenvalue weighted by atomic mass is 32.2. The molecular formula is C12H22N4O4S. The number of nitrogens with one attached hydrogen (secondary N) is 1. The molecule has 120 valence electrons. The molecule has 0 aromatic rings. The summed E-state index contributed by atoms with van der Waals surface area (Å²) in [7, 11) is -2.32. The fourth-order valence-electron chi connectivity index (χ4n) is 2.09. The molecule has 1 fully saturated rings. The number of amides is 1. The van der Waals surface area contributed by atoms with E-state index in [0.29, 0.717) is 13.0 Å². The van der Waals surface area contributed by atoms with E-state index in [0.717, 1.165) is 0 Å². The van der Waals surface area contributed by atoms with Crippen LogP contribution in [-0.4, -0.2) is 68.9 Å². The lowest BCUT2D eigenvalue weighted by molar-refractivity contribution is -0.123. The normalized spacial score (nSPS) is 20.9. The maximum Gasteiger partial charge on any atom is 0.282 e. The van der Waals surface area contributed by atoms with Gasteiger partial charge in [-0.25, -0.2) is 0 Å². The number of ether oxygens (including phenoxy) is 1. The summed E-state index contributed by atoms with van der Waals surface area (Å²) < 4.78 is 32.7. The zero-order chi connectivity index (χ0) is 15.9. The molecule has 0 unspecified atom stereocenters. The highest BCUT2D eigenvalue weighted by Gasteiger charge is 2.36. The van der Waals surface area contributed by atoms with Crippen LogP contribution < -0.4 is 5.32 Å². The number of rotatable bonds is 7. The Bertz CT molecular complexity index is 488. The first-order valence-corrected chi connectivity index (χ1v) is 8.25. The number of nitrogens with zero attached hydrogens (tertiary/aromatic N) is 3. The number of hydrogen-bond donors (Lipinski definition) is 1. The van der Waals surface area contributed by atoms with Crippen molar-refractivity contribution in [1.82, 2.24) is 13.9 Å². The van der Waals surface area contributed by atoms with Gasteiger partial charge >= 0.3 is 0 Å². The molecule has 0 spiro atoms. The molecule has 0 aliphatic carbocycles. The van der Waals surface area contributed by atoms with Crippen LogP contribution in [0, 0.1) is 11.3 Å². The van der Waals surface area contributed by atoms with Crippen molar-refractivity contribution >= 4 is 16.1 Å². The van der Waals surface area contributed by atoms with Gasteiger partial charge in [0.25, 0.3) is 10.2 Å². The monoisotopic (exact) mass is 318 g/mol. The van der Waals surface area contributed by atoms with Crippen LogP contribution in [0.5, 0.6) is 0 Å². The van der Waals surface area contributed by atoms with Crippen molar-refractivity contribution in [2.45, 2.75) is 25.8 Å². The van der Waals surface area contributed by atoms with E-state index in [1.54, 1.807) is 6.92 Å². The van der Waals surface area contributed by atoms with Gasteiger partial charge in [-0.15, -0.1) is 0 Å². The van der Waals surface area contributed by atoms with Gasteiger partial charge in [-0.1, -0.05) is 0 Å². The van der Waals surface area contributed by atoms with Gasteiger partial charge < -0.3 is 10.1 Å². The minimum Gasteiger partial charge on any atom is -0.383 e. The van der Waals surface area contributed by atoms with E-state index in [4.69, 9.17) is 10.00 Å². The van der Waals surface area contributed by atoms with E-state index in [1.165, 1.54) is 15.7 Å². The molecule has 0 bridgehead atoms. The van der Waals surface area contributed by atoms with Crippen LogP contribution in [-0.2, 0) is 19.7 Å². The second kappa shape index (κ2) is 8.29. The van der Waals surface area contributed by atoms with Crippen molar-refractivity contribution in [3.05, 3.63) is 0 Å². The molecule has 8 nitrogen and oxygen atoms in total.